The Balaban J connectivity index is 1.27. The number of benzene rings is 1. The molecule has 8 nitrogen and oxygen atoms in total. The first-order valence-electron chi connectivity index (χ1n) is 10.5. The molecule has 1 aromatic carbocycles. The summed E-state index contributed by atoms with van der Waals surface area (Å²) in [5.74, 6) is 0.459. The van der Waals surface area contributed by atoms with Crippen LogP contribution >= 0.6 is 0 Å². The smallest absolute Gasteiger partial charge is 0.225 e. The molecule has 0 saturated carbocycles. The third-order valence-corrected chi connectivity index (χ3v) is 5.60. The number of hydrogen-bond donors (Lipinski definition) is 1. The molecule has 160 valence electrons. The number of pyridine rings is 1. The maximum Gasteiger partial charge on any atom is 0.225 e. The summed E-state index contributed by atoms with van der Waals surface area (Å²) >= 11 is 0. The third-order valence-electron chi connectivity index (χ3n) is 5.60. The molecule has 5 rings (SSSR count). The van der Waals surface area contributed by atoms with E-state index in [1.165, 1.54) is 0 Å². The van der Waals surface area contributed by atoms with Crippen LogP contribution in [0, 0.1) is 13.8 Å². The summed E-state index contributed by atoms with van der Waals surface area (Å²) in [5, 5.41) is 13.0. The maximum absolute atomic E-state index is 12.6. The van der Waals surface area contributed by atoms with Gasteiger partial charge < -0.3 is 5.32 Å². The number of fused-ring (bicyclic) bond motifs is 3. The molecule has 0 atom stereocenters. The lowest BCUT2D eigenvalue weighted by atomic mass is 10.1. The molecule has 32 heavy (non-hydrogen) atoms. The Labute approximate surface area is 184 Å². The van der Waals surface area contributed by atoms with Gasteiger partial charge in [-0.3, -0.25) is 14.5 Å². The highest BCUT2D eigenvalue weighted by molar-refractivity contribution is 5.92. The van der Waals surface area contributed by atoms with E-state index in [1.807, 2.05) is 61.0 Å². The van der Waals surface area contributed by atoms with Crippen molar-refractivity contribution in [1.29, 1.82) is 0 Å². The number of nitrogens with one attached hydrogen (secondary N) is 1. The molecule has 0 unspecified atom stereocenters. The van der Waals surface area contributed by atoms with Gasteiger partial charge in [0.1, 0.15) is 0 Å². The molecule has 4 heterocycles. The van der Waals surface area contributed by atoms with Crippen LogP contribution in [0.3, 0.4) is 0 Å². The second-order valence-corrected chi connectivity index (χ2v) is 7.82. The summed E-state index contributed by atoms with van der Waals surface area (Å²) < 4.78 is 3.66. The van der Waals surface area contributed by atoms with E-state index in [0.29, 0.717) is 25.2 Å². The summed E-state index contributed by atoms with van der Waals surface area (Å²) in [4.78, 5) is 21.5. The Hall–Kier alpha value is -4.07. The Bertz CT molecular complexity index is 1420. The minimum Gasteiger partial charge on any atom is -0.309 e. The first-order valence-corrected chi connectivity index (χ1v) is 10.5. The Kier molecular flexibility index (Phi) is 5.10. The quantitative estimate of drug-likeness (QED) is 0.448. The zero-order valence-corrected chi connectivity index (χ0v) is 18.0. The van der Waals surface area contributed by atoms with Crippen LogP contribution in [0.5, 0.6) is 0 Å². The average Bonchev–Trinajstić information content (AvgIpc) is 3.38. The molecule has 4 aromatic heterocycles. The van der Waals surface area contributed by atoms with Crippen LogP contribution in [0.15, 0.2) is 61.1 Å². The summed E-state index contributed by atoms with van der Waals surface area (Å²) in [7, 11) is 0. The summed E-state index contributed by atoms with van der Waals surface area (Å²) in [5.41, 5.74) is 5.80. The van der Waals surface area contributed by atoms with E-state index in [1.54, 1.807) is 23.1 Å². The normalized spacial score (nSPS) is 11.3. The topological polar surface area (TPSA) is 90.0 Å². The Morgan fingerprint density at radius 1 is 1.06 bits per heavy atom. The van der Waals surface area contributed by atoms with E-state index in [0.717, 1.165) is 39.1 Å². The number of rotatable bonds is 6. The van der Waals surface area contributed by atoms with Gasteiger partial charge in [0.05, 0.1) is 12.1 Å². The van der Waals surface area contributed by atoms with Crippen LogP contribution in [0.1, 0.15) is 28.9 Å². The molecule has 0 aliphatic rings. The summed E-state index contributed by atoms with van der Waals surface area (Å²) in [6.07, 6.45) is 6.31. The fourth-order valence-corrected chi connectivity index (χ4v) is 3.98. The summed E-state index contributed by atoms with van der Waals surface area (Å²) in [6, 6.07) is 13.7. The number of nitrogens with zero attached hydrogens (tertiary/aromatic N) is 6. The lowest BCUT2D eigenvalue weighted by Crippen LogP contribution is -2.15. The minimum absolute atomic E-state index is 0.0823. The molecule has 0 aliphatic heterocycles. The van der Waals surface area contributed by atoms with Gasteiger partial charge >= 0.3 is 0 Å². The van der Waals surface area contributed by atoms with E-state index >= 15 is 0 Å². The number of aryl methyl sites for hydroxylation is 2. The van der Waals surface area contributed by atoms with Crippen LogP contribution in [0.2, 0.25) is 0 Å². The van der Waals surface area contributed by atoms with Crippen molar-refractivity contribution in [3.63, 3.8) is 0 Å². The second-order valence-electron chi connectivity index (χ2n) is 7.82. The second kappa shape index (κ2) is 8.22. The van der Waals surface area contributed by atoms with Crippen LogP contribution in [0.25, 0.3) is 16.6 Å². The van der Waals surface area contributed by atoms with Gasteiger partial charge in [-0.15, -0.1) is 0 Å². The first kappa shape index (κ1) is 19.9. The van der Waals surface area contributed by atoms with Crippen molar-refractivity contribution >= 4 is 28.3 Å². The molecule has 0 saturated heterocycles. The monoisotopic (exact) mass is 425 g/mol. The number of hydrogen-bond acceptors (Lipinski definition) is 5. The van der Waals surface area contributed by atoms with Crippen LogP contribution in [-0.2, 0) is 17.8 Å². The number of aromatic nitrogens is 6. The van der Waals surface area contributed by atoms with Gasteiger partial charge in [0.15, 0.2) is 11.5 Å². The first-order chi connectivity index (χ1) is 15.6. The standard InChI is InChI=1S/C24H23N7O/c1-16-19(17(2)31-24(26-16)20-7-3-4-8-21(20)28-31)9-10-23(32)27-22-11-13-30(29-22)15-18-6-5-12-25-14-18/h3-8,11-14H,9-10,15H2,1-2H3,(H,27,29,32). The van der Waals surface area contributed by atoms with Crippen LogP contribution in [0.4, 0.5) is 5.82 Å². The molecule has 0 aliphatic carbocycles. The number of amides is 1. The lowest BCUT2D eigenvalue weighted by Gasteiger charge is -2.11. The van der Waals surface area contributed by atoms with Crippen molar-refractivity contribution in [1.82, 2.24) is 29.4 Å². The number of carbonyl (C=O) groups is 1. The molecule has 1 N–H and O–H groups in total. The third kappa shape index (κ3) is 3.82. The molecule has 0 radical (unpaired) electrons. The highest BCUT2D eigenvalue weighted by atomic mass is 16.1. The van der Waals surface area contributed by atoms with Crippen LogP contribution < -0.4 is 5.32 Å². The summed E-state index contributed by atoms with van der Waals surface area (Å²) in [6.45, 7) is 4.62. The fourth-order valence-electron chi connectivity index (χ4n) is 3.98. The lowest BCUT2D eigenvalue weighted by molar-refractivity contribution is -0.116. The van der Waals surface area contributed by atoms with E-state index in [2.05, 4.69) is 20.5 Å². The Morgan fingerprint density at radius 3 is 2.78 bits per heavy atom. The van der Waals surface area contributed by atoms with E-state index in [-0.39, 0.29) is 5.91 Å². The predicted octanol–water partition coefficient (Wildman–Crippen LogP) is 3.71. The Morgan fingerprint density at radius 2 is 1.94 bits per heavy atom. The number of anilines is 1. The van der Waals surface area contributed by atoms with Gasteiger partial charge in [0, 0.05) is 47.9 Å². The van der Waals surface area contributed by atoms with E-state index in [9.17, 15) is 4.79 Å². The maximum atomic E-state index is 12.6. The van der Waals surface area contributed by atoms with Crippen molar-refractivity contribution in [2.75, 3.05) is 5.32 Å². The average molecular weight is 425 g/mol. The van der Waals surface area contributed by atoms with Gasteiger partial charge in [-0.25, -0.2) is 9.50 Å². The van der Waals surface area contributed by atoms with Crippen molar-refractivity contribution in [2.24, 2.45) is 0 Å². The zero-order chi connectivity index (χ0) is 22.1. The van der Waals surface area contributed by atoms with Crippen LogP contribution in [-0.4, -0.2) is 35.3 Å². The van der Waals surface area contributed by atoms with Crippen molar-refractivity contribution in [3.8, 4) is 0 Å². The fraction of sp³-hybridized carbons (Fsp3) is 0.208. The van der Waals surface area contributed by atoms with Gasteiger partial charge in [0.25, 0.3) is 0 Å². The molecule has 0 spiro atoms. The van der Waals surface area contributed by atoms with E-state index < -0.39 is 0 Å². The van der Waals surface area contributed by atoms with Gasteiger partial charge in [0.2, 0.25) is 5.91 Å². The molecule has 1 amide bonds. The SMILES string of the molecule is Cc1nc2c3ccccc3nn2c(C)c1CCC(=O)Nc1ccn(Cc2cccnc2)n1. The molecular formula is C24H23N7O. The minimum atomic E-state index is -0.0823. The number of carbonyl (C=O) groups excluding carboxylic acids is 1. The van der Waals surface area contributed by atoms with Crippen molar-refractivity contribution in [2.45, 2.75) is 33.2 Å². The van der Waals surface area contributed by atoms with Gasteiger partial charge in [-0.2, -0.15) is 10.2 Å². The largest absolute Gasteiger partial charge is 0.309 e. The predicted molar refractivity (Wildman–Crippen MR) is 122 cm³/mol. The molecule has 0 bridgehead atoms. The van der Waals surface area contributed by atoms with Gasteiger partial charge in [-0.1, -0.05) is 18.2 Å². The van der Waals surface area contributed by atoms with E-state index in [4.69, 9.17) is 4.98 Å². The highest BCUT2D eigenvalue weighted by Crippen LogP contribution is 2.23. The highest BCUT2D eigenvalue weighted by Gasteiger charge is 2.15. The van der Waals surface area contributed by atoms with Crippen molar-refractivity contribution < 1.29 is 4.79 Å². The molecular weight excluding hydrogens is 402 g/mol. The van der Waals surface area contributed by atoms with Gasteiger partial charge in [-0.05, 0) is 49.6 Å². The molecule has 5 aromatic rings. The van der Waals surface area contributed by atoms with Crippen molar-refractivity contribution in [3.05, 3.63) is 83.6 Å². The zero-order valence-electron chi connectivity index (χ0n) is 18.0. The molecule has 0 fully saturated rings. The molecule has 8 heteroatoms.